The summed E-state index contributed by atoms with van der Waals surface area (Å²) >= 11 is 0. The van der Waals surface area contributed by atoms with Crippen LogP contribution in [0.5, 0.6) is 0 Å². The van der Waals surface area contributed by atoms with Gasteiger partial charge in [0.2, 0.25) is 0 Å². The first-order chi connectivity index (χ1) is 8.69. The van der Waals surface area contributed by atoms with Crippen LogP contribution in [0.2, 0.25) is 0 Å². The van der Waals surface area contributed by atoms with Gasteiger partial charge in [-0.15, -0.1) is 0 Å². The second kappa shape index (κ2) is 5.15. The molecule has 0 amide bonds. The van der Waals surface area contributed by atoms with E-state index in [-0.39, 0.29) is 36.5 Å². The van der Waals surface area contributed by atoms with E-state index in [0.717, 1.165) is 25.7 Å². The maximum atomic E-state index is 11.3. The van der Waals surface area contributed by atoms with E-state index in [1.165, 1.54) is 0 Å². The van der Waals surface area contributed by atoms with E-state index >= 15 is 0 Å². The fourth-order valence-corrected chi connectivity index (χ4v) is 3.08. The first-order valence-electron chi connectivity index (χ1n) is 6.77. The van der Waals surface area contributed by atoms with Crippen molar-refractivity contribution in [2.75, 3.05) is 6.79 Å². The summed E-state index contributed by atoms with van der Waals surface area (Å²) in [5.41, 5.74) is 0. The molecular formula is C13H20O5. The molecule has 0 radical (unpaired) electrons. The molecule has 3 aliphatic rings. The van der Waals surface area contributed by atoms with Crippen molar-refractivity contribution in [1.29, 1.82) is 0 Å². The molecular weight excluding hydrogens is 236 g/mol. The maximum absolute atomic E-state index is 11.3. The molecule has 5 nitrogen and oxygen atoms in total. The molecule has 0 aromatic rings. The molecule has 0 aliphatic carbocycles. The van der Waals surface area contributed by atoms with E-state index in [1.54, 1.807) is 0 Å². The zero-order chi connectivity index (χ0) is 12.5. The molecule has 0 N–H and O–H groups in total. The number of esters is 1. The molecule has 3 aliphatic heterocycles. The summed E-state index contributed by atoms with van der Waals surface area (Å²) in [4.78, 5) is 11.3. The Balaban J connectivity index is 1.53. The highest BCUT2D eigenvalue weighted by Crippen LogP contribution is 2.32. The normalized spacial score (nSPS) is 44.5. The molecule has 0 spiro atoms. The number of carbonyl (C=O) groups is 1. The third kappa shape index (κ3) is 2.84. The van der Waals surface area contributed by atoms with Crippen molar-refractivity contribution in [1.82, 2.24) is 0 Å². The third-order valence-electron chi connectivity index (χ3n) is 3.91. The van der Waals surface area contributed by atoms with Crippen LogP contribution in [0.4, 0.5) is 0 Å². The Morgan fingerprint density at radius 3 is 2.78 bits per heavy atom. The van der Waals surface area contributed by atoms with Gasteiger partial charge >= 0.3 is 5.97 Å². The number of hydrogen-bond donors (Lipinski definition) is 0. The predicted octanol–water partition coefficient (Wildman–Crippen LogP) is 1.39. The van der Waals surface area contributed by atoms with Crippen molar-refractivity contribution in [2.24, 2.45) is 0 Å². The Bertz CT molecular complexity index is 303. The Kier molecular flexibility index (Phi) is 3.54. The minimum absolute atomic E-state index is 0.0484. The lowest BCUT2D eigenvalue weighted by Crippen LogP contribution is -2.45. The van der Waals surface area contributed by atoms with Gasteiger partial charge in [0.1, 0.15) is 12.9 Å². The van der Waals surface area contributed by atoms with Crippen LogP contribution in [0.3, 0.4) is 0 Å². The maximum Gasteiger partial charge on any atom is 0.308 e. The van der Waals surface area contributed by atoms with Gasteiger partial charge in [-0.05, 0) is 13.3 Å². The van der Waals surface area contributed by atoms with E-state index in [0.29, 0.717) is 13.2 Å². The summed E-state index contributed by atoms with van der Waals surface area (Å²) < 4.78 is 22.2. The van der Waals surface area contributed by atoms with Crippen LogP contribution in [0, 0.1) is 0 Å². The fraction of sp³-hybridized carbons (Fsp3) is 0.923. The average Bonchev–Trinajstić information content (AvgIpc) is 2.27. The minimum Gasteiger partial charge on any atom is -0.462 e. The number of carbonyl (C=O) groups excluding carboxylic acids is 1. The van der Waals surface area contributed by atoms with Crippen molar-refractivity contribution in [3.05, 3.63) is 0 Å². The first kappa shape index (κ1) is 12.4. The molecule has 0 aromatic carbocycles. The molecule has 3 rings (SSSR count). The minimum atomic E-state index is -0.120. The molecule has 0 saturated carbocycles. The van der Waals surface area contributed by atoms with E-state index in [9.17, 15) is 4.79 Å². The second-order valence-corrected chi connectivity index (χ2v) is 5.52. The number of fused-ring (bicyclic) bond motifs is 2. The first-order valence-corrected chi connectivity index (χ1v) is 6.77. The molecule has 5 atom stereocenters. The van der Waals surface area contributed by atoms with Crippen LogP contribution in [0.25, 0.3) is 0 Å². The topological polar surface area (TPSA) is 54.0 Å². The molecule has 5 heteroatoms. The van der Waals surface area contributed by atoms with Crippen LogP contribution in [0.15, 0.2) is 0 Å². The van der Waals surface area contributed by atoms with Crippen molar-refractivity contribution < 1.29 is 23.7 Å². The van der Waals surface area contributed by atoms with E-state index in [1.807, 2.05) is 0 Å². The van der Waals surface area contributed by atoms with Gasteiger partial charge in [-0.1, -0.05) is 0 Å². The zero-order valence-electron chi connectivity index (χ0n) is 10.7. The van der Waals surface area contributed by atoms with Crippen molar-refractivity contribution in [2.45, 2.75) is 69.5 Å². The van der Waals surface area contributed by atoms with Gasteiger partial charge in [0.15, 0.2) is 0 Å². The van der Waals surface area contributed by atoms with Gasteiger partial charge in [0.05, 0.1) is 30.8 Å². The molecule has 3 fully saturated rings. The van der Waals surface area contributed by atoms with Gasteiger partial charge < -0.3 is 18.9 Å². The van der Waals surface area contributed by atoms with E-state index in [2.05, 4.69) is 6.92 Å². The van der Waals surface area contributed by atoms with Crippen molar-refractivity contribution in [3.63, 3.8) is 0 Å². The van der Waals surface area contributed by atoms with Crippen LogP contribution >= 0.6 is 0 Å². The summed E-state index contributed by atoms with van der Waals surface area (Å²) in [7, 11) is 0. The van der Waals surface area contributed by atoms with Gasteiger partial charge in [0.25, 0.3) is 0 Å². The zero-order valence-corrected chi connectivity index (χ0v) is 10.7. The molecule has 18 heavy (non-hydrogen) atoms. The summed E-state index contributed by atoms with van der Waals surface area (Å²) in [6.45, 7) is 2.44. The van der Waals surface area contributed by atoms with E-state index < -0.39 is 0 Å². The SMILES string of the molecule is C[C@H]1C[C@@H](C[C@H]2C[C@H]3C[C@H](CC(=O)O3)O2)OCO1. The highest BCUT2D eigenvalue weighted by Gasteiger charge is 2.38. The van der Waals surface area contributed by atoms with Crippen molar-refractivity contribution in [3.8, 4) is 0 Å². The molecule has 0 unspecified atom stereocenters. The summed E-state index contributed by atoms with van der Waals surface area (Å²) in [5.74, 6) is -0.120. The van der Waals surface area contributed by atoms with Gasteiger partial charge in [-0.25, -0.2) is 0 Å². The predicted molar refractivity (Wildman–Crippen MR) is 61.9 cm³/mol. The van der Waals surface area contributed by atoms with Gasteiger partial charge in [0, 0.05) is 19.3 Å². The molecule has 3 heterocycles. The highest BCUT2D eigenvalue weighted by atomic mass is 16.7. The molecule has 102 valence electrons. The molecule has 0 aromatic heterocycles. The number of ether oxygens (including phenoxy) is 4. The Morgan fingerprint density at radius 2 is 2.00 bits per heavy atom. The fourth-order valence-electron chi connectivity index (χ4n) is 3.08. The molecule has 2 bridgehead atoms. The standard InChI is InChI=1S/C13H20O5/c1-8-2-9(16-7-15-8)3-10-4-11-5-12(17-10)6-13(14)18-11/h8-12H,2-7H2,1H3/t8-,9-,10-,11-,12+/m0/s1. The highest BCUT2D eigenvalue weighted by molar-refractivity contribution is 5.71. The Hall–Kier alpha value is -0.650. The van der Waals surface area contributed by atoms with Gasteiger partial charge in [-0.3, -0.25) is 4.79 Å². The largest absolute Gasteiger partial charge is 0.462 e. The molecule has 3 saturated heterocycles. The Labute approximate surface area is 107 Å². The van der Waals surface area contributed by atoms with Crippen LogP contribution in [-0.4, -0.2) is 43.3 Å². The number of rotatable bonds is 2. The van der Waals surface area contributed by atoms with E-state index in [4.69, 9.17) is 18.9 Å². The summed E-state index contributed by atoms with van der Waals surface area (Å²) in [6.07, 6.45) is 4.55. The monoisotopic (exact) mass is 256 g/mol. The summed E-state index contributed by atoms with van der Waals surface area (Å²) in [6, 6.07) is 0. The quantitative estimate of drug-likeness (QED) is 0.699. The van der Waals surface area contributed by atoms with Crippen LogP contribution < -0.4 is 0 Å². The Morgan fingerprint density at radius 1 is 1.11 bits per heavy atom. The summed E-state index contributed by atoms with van der Waals surface area (Å²) in [5, 5.41) is 0. The number of hydrogen-bond acceptors (Lipinski definition) is 5. The average molecular weight is 256 g/mol. The van der Waals surface area contributed by atoms with Gasteiger partial charge in [-0.2, -0.15) is 0 Å². The smallest absolute Gasteiger partial charge is 0.308 e. The van der Waals surface area contributed by atoms with Crippen LogP contribution in [-0.2, 0) is 23.7 Å². The van der Waals surface area contributed by atoms with Crippen molar-refractivity contribution >= 4 is 5.97 Å². The lowest BCUT2D eigenvalue weighted by Gasteiger charge is -2.40. The second-order valence-electron chi connectivity index (χ2n) is 5.52. The lowest BCUT2D eigenvalue weighted by atomic mass is 9.92. The third-order valence-corrected chi connectivity index (χ3v) is 3.91. The van der Waals surface area contributed by atoms with Crippen LogP contribution in [0.1, 0.15) is 39.0 Å². The lowest BCUT2D eigenvalue weighted by molar-refractivity contribution is -0.202.